The summed E-state index contributed by atoms with van der Waals surface area (Å²) in [6.07, 6.45) is 0.370. The van der Waals surface area contributed by atoms with Gasteiger partial charge < -0.3 is 15.2 Å². The van der Waals surface area contributed by atoms with Crippen LogP contribution in [0.1, 0.15) is 65.7 Å². The van der Waals surface area contributed by atoms with Crippen molar-refractivity contribution in [1.82, 2.24) is 25.1 Å². The van der Waals surface area contributed by atoms with Crippen LogP contribution in [0.3, 0.4) is 0 Å². The Kier molecular flexibility index (Phi) is 8.53. The van der Waals surface area contributed by atoms with Gasteiger partial charge in [0.15, 0.2) is 5.82 Å². The number of halogens is 3. The van der Waals surface area contributed by atoms with Gasteiger partial charge in [-0.25, -0.2) is 4.98 Å². The number of benzene rings is 2. The zero-order valence-corrected chi connectivity index (χ0v) is 25.9. The van der Waals surface area contributed by atoms with E-state index in [4.69, 9.17) is 4.98 Å². The number of pyridine rings is 1. The number of nitriles is 1. The van der Waals surface area contributed by atoms with Crippen molar-refractivity contribution < 1.29 is 18.0 Å². The van der Waals surface area contributed by atoms with Crippen LogP contribution in [-0.2, 0) is 26.3 Å². The lowest BCUT2D eigenvalue weighted by Gasteiger charge is -2.25. The Morgan fingerprint density at radius 2 is 1.89 bits per heavy atom. The minimum absolute atomic E-state index is 0.0328. The maximum absolute atomic E-state index is 14.4. The van der Waals surface area contributed by atoms with Gasteiger partial charge in [0.1, 0.15) is 18.0 Å². The van der Waals surface area contributed by atoms with E-state index >= 15 is 0 Å². The molecule has 6 rings (SSSR count). The summed E-state index contributed by atoms with van der Waals surface area (Å²) in [6, 6.07) is 13.6. The SMILES string of the molecule is CC(C)CNc1cc(-c2cc(C#N)ccc2-c2nncn2C)cc(N2Cc3c(cc(CNCC4CCC4)cc3C(F)(F)F)C2=O)n1. The van der Waals surface area contributed by atoms with Gasteiger partial charge in [-0.1, -0.05) is 20.3 Å². The fourth-order valence-electron chi connectivity index (χ4n) is 5.91. The van der Waals surface area contributed by atoms with E-state index < -0.39 is 17.6 Å². The fraction of sp³-hybridized carbons (Fsp3) is 0.382. The Morgan fingerprint density at radius 3 is 2.54 bits per heavy atom. The number of alkyl halides is 3. The lowest BCUT2D eigenvalue weighted by atomic mass is 9.85. The van der Waals surface area contributed by atoms with Gasteiger partial charge in [0.2, 0.25) is 0 Å². The number of aryl methyl sites for hydroxylation is 1. The Balaban J connectivity index is 1.42. The zero-order chi connectivity index (χ0) is 32.6. The highest BCUT2D eigenvalue weighted by molar-refractivity contribution is 6.10. The second kappa shape index (κ2) is 12.6. The highest BCUT2D eigenvalue weighted by Gasteiger charge is 2.41. The molecular weight excluding hydrogens is 593 g/mol. The topological polar surface area (TPSA) is 112 Å². The number of carbonyl (C=O) groups excluding carboxylic acids is 1. The molecular formula is C34H35F3N8O. The summed E-state index contributed by atoms with van der Waals surface area (Å²) in [4.78, 5) is 19.9. The Labute approximate surface area is 265 Å². The van der Waals surface area contributed by atoms with Crippen LogP contribution in [0.5, 0.6) is 0 Å². The number of aromatic nitrogens is 4. The van der Waals surface area contributed by atoms with Crippen molar-refractivity contribution in [3.8, 4) is 28.6 Å². The molecule has 9 nitrogen and oxygen atoms in total. The number of amides is 1. The van der Waals surface area contributed by atoms with E-state index in [1.54, 1.807) is 48.3 Å². The van der Waals surface area contributed by atoms with Crippen LogP contribution in [0.25, 0.3) is 22.5 Å². The van der Waals surface area contributed by atoms with Crippen LogP contribution in [0, 0.1) is 23.2 Å². The molecule has 2 aliphatic rings. The predicted octanol–water partition coefficient (Wildman–Crippen LogP) is 6.55. The number of nitrogens with one attached hydrogen (secondary N) is 2. The van der Waals surface area contributed by atoms with Crippen molar-refractivity contribution in [2.24, 2.45) is 18.9 Å². The number of rotatable bonds is 10. The van der Waals surface area contributed by atoms with E-state index in [1.807, 2.05) is 19.9 Å². The molecule has 0 radical (unpaired) electrons. The molecule has 1 fully saturated rings. The van der Waals surface area contributed by atoms with Gasteiger partial charge in [-0.05, 0) is 95.9 Å². The molecule has 2 aromatic heterocycles. The third kappa shape index (κ3) is 6.33. The molecule has 12 heteroatoms. The summed E-state index contributed by atoms with van der Waals surface area (Å²) in [6.45, 7) is 5.37. The molecule has 46 heavy (non-hydrogen) atoms. The van der Waals surface area contributed by atoms with Gasteiger partial charge in [-0.3, -0.25) is 9.69 Å². The highest BCUT2D eigenvalue weighted by Crippen LogP contribution is 2.41. The monoisotopic (exact) mass is 628 g/mol. The normalized spacial score (nSPS) is 14.8. The standard InChI is InChI=1S/C34H35F3N8O/c1-20(2)15-40-30-12-24(26-9-22(14-38)7-8-25(26)32-43-41-19-44(32)3)13-31(42-30)45-18-28-27(33(45)46)10-23(11-29(28)34(35,36)37)17-39-16-21-5-4-6-21/h7-13,19-21,39H,4-6,15-18H2,1-3H3,(H,40,42). The second-order valence-electron chi connectivity index (χ2n) is 12.5. The zero-order valence-electron chi connectivity index (χ0n) is 25.9. The van der Waals surface area contributed by atoms with E-state index in [-0.39, 0.29) is 36.0 Å². The minimum atomic E-state index is -4.63. The summed E-state index contributed by atoms with van der Waals surface area (Å²) in [5, 5.41) is 24.5. The molecule has 3 heterocycles. The van der Waals surface area contributed by atoms with Crippen molar-refractivity contribution in [1.29, 1.82) is 5.26 Å². The van der Waals surface area contributed by atoms with Gasteiger partial charge in [0.25, 0.3) is 5.91 Å². The van der Waals surface area contributed by atoms with Crippen molar-refractivity contribution >= 4 is 17.5 Å². The first kappa shape index (κ1) is 31.2. The van der Waals surface area contributed by atoms with Crippen molar-refractivity contribution in [3.63, 3.8) is 0 Å². The predicted molar refractivity (Wildman–Crippen MR) is 169 cm³/mol. The van der Waals surface area contributed by atoms with Gasteiger partial charge >= 0.3 is 6.18 Å². The van der Waals surface area contributed by atoms with E-state index in [0.717, 1.165) is 25.5 Å². The van der Waals surface area contributed by atoms with E-state index in [0.29, 0.717) is 51.9 Å². The number of hydrogen-bond acceptors (Lipinski definition) is 7. The summed E-state index contributed by atoms with van der Waals surface area (Å²) < 4.78 is 44.9. The molecule has 1 aliphatic heterocycles. The summed E-state index contributed by atoms with van der Waals surface area (Å²) >= 11 is 0. The van der Waals surface area contributed by atoms with Crippen LogP contribution in [0.15, 0.2) is 48.8 Å². The average Bonchev–Trinajstić information content (AvgIpc) is 3.58. The quantitative estimate of drug-likeness (QED) is 0.205. The van der Waals surface area contributed by atoms with Crippen LogP contribution in [0.2, 0.25) is 0 Å². The lowest BCUT2D eigenvalue weighted by Crippen LogP contribution is -2.27. The smallest absolute Gasteiger partial charge is 0.370 e. The molecule has 1 aliphatic carbocycles. The molecule has 2 N–H and O–H groups in total. The number of fused-ring (bicyclic) bond motifs is 1. The molecule has 0 bridgehead atoms. The third-order valence-corrected chi connectivity index (χ3v) is 8.59. The minimum Gasteiger partial charge on any atom is -0.370 e. The van der Waals surface area contributed by atoms with E-state index in [9.17, 15) is 23.2 Å². The van der Waals surface area contributed by atoms with E-state index in [2.05, 4.69) is 26.9 Å². The number of anilines is 2. The fourth-order valence-corrected chi connectivity index (χ4v) is 5.91. The van der Waals surface area contributed by atoms with Crippen LogP contribution < -0.4 is 15.5 Å². The Hall–Kier alpha value is -4.76. The first-order valence-electron chi connectivity index (χ1n) is 15.4. The number of nitrogens with zero attached hydrogens (tertiary/aromatic N) is 6. The molecule has 0 spiro atoms. The largest absolute Gasteiger partial charge is 0.416 e. The van der Waals surface area contributed by atoms with Crippen molar-refractivity contribution in [2.75, 3.05) is 23.3 Å². The van der Waals surface area contributed by atoms with Gasteiger partial charge in [-0.15, -0.1) is 10.2 Å². The Morgan fingerprint density at radius 1 is 1.09 bits per heavy atom. The van der Waals surface area contributed by atoms with Gasteiger partial charge in [-0.2, -0.15) is 18.4 Å². The molecule has 2 aromatic carbocycles. The molecule has 0 unspecified atom stereocenters. The Bertz CT molecular complexity index is 1820. The molecule has 238 valence electrons. The van der Waals surface area contributed by atoms with Crippen molar-refractivity contribution in [2.45, 2.75) is 52.4 Å². The molecule has 1 saturated carbocycles. The van der Waals surface area contributed by atoms with E-state index in [1.165, 1.54) is 11.3 Å². The second-order valence-corrected chi connectivity index (χ2v) is 12.5. The summed E-state index contributed by atoms with van der Waals surface area (Å²) in [5.74, 6) is 1.50. The highest BCUT2D eigenvalue weighted by atomic mass is 19.4. The number of hydrogen-bond donors (Lipinski definition) is 2. The van der Waals surface area contributed by atoms with Crippen molar-refractivity contribution in [3.05, 3.63) is 76.6 Å². The van der Waals surface area contributed by atoms with Crippen LogP contribution >= 0.6 is 0 Å². The van der Waals surface area contributed by atoms with Gasteiger partial charge in [0.05, 0.1) is 23.7 Å². The maximum atomic E-state index is 14.4. The summed E-state index contributed by atoms with van der Waals surface area (Å²) in [5.41, 5.74) is 1.96. The van der Waals surface area contributed by atoms with Crippen LogP contribution in [-0.4, -0.2) is 38.7 Å². The average molecular weight is 629 g/mol. The first-order valence-corrected chi connectivity index (χ1v) is 15.4. The summed E-state index contributed by atoms with van der Waals surface area (Å²) in [7, 11) is 1.81. The van der Waals surface area contributed by atoms with Crippen LogP contribution in [0.4, 0.5) is 24.8 Å². The number of carbonyl (C=O) groups is 1. The lowest BCUT2D eigenvalue weighted by molar-refractivity contribution is -0.138. The third-order valence-electron chi connectivity index (χ3n) is 8.59. The maximum Gasteiger partial charge on any atom is 0.416 e. The molecule has 0 atom stereocenters. The molecule has 1 amide bonds. The molecule has 4 aromatic rings. The molecule has 0 saturated heterocycles. The van der Waals surface area contributed by atoms with Gasteiger partial charge in [0, 0.05) is 31.3 Å². The first-order chi connectivity index (χ1) is 22.0.